The molecule has 1 unspecified atom stereocenters. The summed E-state index contributed by atoms with van der Waals surface area (Å²) < 4.78 is 1.45. The molecule has 0 saturated heterocycles. The highest BCUT2D eigenvalue weighted by molar-refractivity contribution is 5.35. The molecule has 2 aromatic rings. The standard InChI is InChI=1S/C11H16N8/c1-11(2)3-7(11)4-14-9-16-8(12)17-10(18-9)19-6-13-5-15-19/h5-7H,3-4H2,1-2H3,(H3,12,14,16,17,18). The number of rotatable bonds is 4. The molecule has 0 amide bonds. The van der Waals surface area contributed by atoms with Crippen molar-refractivity contribution in [3.63, 3.8) is 0 Å². The number of aromatic nitrogens is 6. The number of nitrogens with two attached hydrogens (primary N) is 1. The Balaban J connectivity index is 1.75. The Labute approximate surface area is 110 Å². The van der Waals surface area contributed by atoms with Crippen LogP contribution in [0.3, 0.4) is 0 Å². The lowest BCUT2D eigenvalue weighted by atomic mass is 10.1. The van der Waals surface area contributed by atoms with Crippen LogP contribution < -0.4 is 11.1 Å². The average molecular weight is 260 g/mol. The molecule has 0 radical (unpaired) electrons. The summed E-state index contributed by atoms with van der Waals surface area (Å²) in [6.45, 7) is 5.34. The van der Waals surface area contributed by atoms with E-state index in [0.29, 0.717) is 23.2 Å². The van der Waals surface area contributed by atoms with Crippen molar-refractivity contribution in [3.8, 4) is 5.95 Å². The van der Waals surface area contributed by atoms with Crippen LogP contribution in [0.5, 0.6) is 0 Å². The van der Waals surface area contributed by atoms with Crippen LogP contribution in [0.1, 0.15) is 20.3 Å². The summed E-state index contributed by atoms with van der Waals surface area (Å²) in [5, 5.41) is 7.17. The number of hydrogen-bond donors (Lipinski definition) is 2. The first kappa shape index (κ1) is 11.8. The van der Waals surface area contributed by atoms with Gasteiger partial charge in [-0.2, -0.15) is 24.7 Å². The van der Waals surface area contributed by atoms with E-state index >= 15 is 0 Å². The maximum atomic E-state index is 5.68. The molecule has 0 aromatic carbocycles. The summed E-state index contributed by atoms with van der Waals surface area (Å²) in [6.07, 6.45) is 4.15. The fourth-order valence-corrected chi connectivity index (χ4v) is 2.01. The first-order valence-corrected chi connectivity index (χ1v) is 6.15. The number of nitrogens with zero attached hydrogens (tertiary/aromatic N) is 6. The molecule has 100 valence electrons. The minimum absolute atomic E-state index is 0.165. The molecule has 8 heteroatoms. The summed E-state index contributed by atoms with van der Waals surface area (Å²) in [5.41, 5.74) is 6.09. The Morgan fingerprint density at radius 1 is 1.42 bits per heavy atom. The highest BCUT2D eigenvalue weighted by Crippen LogP contribution is 2.51. The summed E-state index contributed by atoms with van der Waals surface area (Å²) in [4.78, 5) is 16.2. The minimum atomic E-state index is 0.165. The van der Waals surface area contributed by atoms with Gasteiger partial charge in [-0.1, -0.05) is 13.8 Å². The van der Waals surface area contributed by atoms with Crippen molar-refractivity contribution in [2.75, 3.05) is 17.6 Å². The Hall–Kier alpha value is -2.25. The summed E-state index contributed by atoms with van der Waals surface area (Å²) in [7, 11) is 0. The molecule has 1 aliphatic carbocycles. The topological polar surface area (TPSA) is 107 Å². The predicted octanol–water partition coefficient (Wildman–Crippen LogP) is 0.492. The van der Waals surface area contributed by atoms with Crippen LogP contribution in [-0.2, 0) is 0 Å². The van der Waals surface area contributed by atoms with Crippen LogP contribution in [0.4, 0.5) is 11.9 Å². The summed E-state index contributed by atoms with van der Waals surface area (Å²) in [5.74, 6) is 1.65. The van der Waals surface area contributed by atoms with E-state index in [2.05, 4.69) is 44.2 Å². The van der Waals surface area contributed by atoms with Gasteiger partial charge in [-0.05, 0) is 17.8 Å². The van der Waals surface area contributed by atoms with E-state index in [4.69, 9.17) is 5.73 Å². The third-order valence-electron chi connectivity index (χ3n) is 3.49. The number of hydrogen-bond acceptors (Lipinski definition) is 7. The van der Waals surface area contributed by atoms with Crippen molar-refractivity contribution < 1.29 is 0 Å². The molecule has 1 saturated carbocycles. The summed E-state index contributed by atoms with van der Waals surface area (Å²) >= 11 is 0. The maximum absolute atomic E-state index is 5.68. The SMILES string of the molecule is CC1(C)CC1CNc1nc(N)nc(-n2cncn2)n1. The molecule has 1 aliphatic rings. The summed E-state index contributed by atoms with van der Waals surface area (Å²) in [6, 6.07) is 0. The molecule has 0 aliphatic heterocycles. The zero-order chi connectivity index (χ0) is 13.5. The lowest BCUT2D eigenvalue weighted by Gasteiger charge is -2.07. The van der Waals surface area contributed by atoms with E-state index in [1.54, 1.807) is 0 Å². The van der Waals surface area contributed by atoms with Crippen LogP contribution in [0.2, 0.25) is 0 Å². The zero-order valence-electron chi connectivity index (χ0n) is 10.9. The van der Waals surface area contributed by atoms with E-state index in [0.717, 1.165) is 6.54 Å². The third-order valence-corrected chi connectivity index (χ3v) is 3.49. The molecule has 3 N–H and O–H groups in total. The third kappa shape index (κ3) is 2.47. The van der Waals surface area contributed by atoms with Gasteiger partial charge >= 0.3 is 0 Å². The van der Waals surface area contributed by atoms with Gasteiger partial charge in [0.15, 0.2) is 0 Å². The van der Waals surface area contributed by atoms with Crippen LogP contribution >= 0.6 is 0 Å². The van der Waals surface area contributed by atoms with E-state index < -0.39 is 0 Å². The van der Waals surface area contributed by atoms with Crippen LogP contribution in [0.25, 0.3) is 5.95 Å². The van der Waals surface area contributed by atoms with Crippen molar-refractivity contribution in [1.29, 1.82) is 0 Å². The number of anilines is 2. The molecule has 3 rings (SSSR count). The Morgan fingerprint density at radius 2 is 2.21 bits per heavy atom. The lowest BCUT2D eigenvalue weighted by molar-refractivity contribution is 0.572. The van der Waals surface area contributed by atoms with Gasteiger partial charge in [-0.15, -0.1) is 0 Å². The molecule has 0 spiro atoms. The molecule has 1 fully saturated rings. The van der Waals surface area contributed by atoms with Crippen molar-refractivity contribution in [1.82, 2.24) is 29.7 Å². The lowest BCUT2D eigenvalue weighted by Crippen LogP contribution is -2.14. The van der Waals surface area contributed by atoms with E-state index in [1.165, 1.54) is 23.8 Å². The first-order chi connectivity index (χ1) is 9.04. The monoisotopic (exact) mass is 260 g/mol. The Bertz CT molecular complexity index is 576. The van der Waals surface area contributed by atoms with Crippen molar-refractivity contribution in [2.45, 2.75) is 20.3 Å². The second kappa shape index (κ2) is 4.15. The van der Waals surface area contributed by atoms with Gasteiger partial charge in [0.25, 0.3) is 5.95 Å². The average Bonchev–Trinajstić information content (AvgIpc) is 2.81. The molecule has 2 aromatic heterocycles. The molecule has 0 bridgehead atoms. The molecule has 1 atom stereocenters. The van der Waals surface area contributed by atoms with Crippen molar-refractivity contribution >= 4 is 11.9 Å². The van der Waals surface area contributed by atoms with Crippen LogP contribution in [0.15, 0.2) is 12.7 Å². The molecule has 8 nitrogen and oxygen atoms in total. The quantitative estimate of drug-likeness (QED) is 0.823. The Kier molecular flexibility index (Phi) is 2.58. The fourth-order valence-electron chi connectivity index (χ4n) is 2.01. The van der Waals surface area contributed by atoms with Gasteiger partial charge < -0.3 is 11.1 Å². The highest BCUT2D eigenvalue weighted by Gasteiger charge is 2.45. The molecular formula is C11H16N8. The number of nitrogen functional groups attached to an aromatic ring is 1. The second-order valence-corrected chi connectivity index (χ2v) is 5.43. The van der Waals surface area contributed by atoms with Crippen molar-refractivity contribution in [3.05, 3.63) is 12.7 Å². The van der Waals surface area contributed by atoms with E-state index in [9.17, 15) is 0 Å². The highest BCUT2D eigenvalue weighted by atomic mass is 15.4. The maximum Gasteiger partial charge on any atom is 0.258 e. The number of nitrogens with one attached hydrogen (secondary N) is 1. The van der Waals surface area contributed by atoms with Crippen molar-refractivity contribution in [2.24, 2.45) is 11.3 Å². The largest absolute Gasteiger partial charge is 0.368 e. The zero-order valence-corrected chi connectivity index (χ0v) is 10.9. The van der Waals surface area contributed by atoms with Gasteiger partial charge in [0, 0.05) is 6.54 Å². The predicted molar refractivity (Wildman–Crippen MR) is 69.5 cm³/mol. The van der Waals surface area contributed by atoms with E-state index in [-0.39, 0.29) is 5.95 Å². The minimum Gasteiger partial charge on any atom is -0.368 e. The van der Waals surface area contributed by atoms with Gasteiger partial charge in [-0.3, -0.25) is 0 Å². The molecule has 2 heterocycles. The first-order valence-electron chi connectivity index (χ1n) is 6.15. The van der Waals surface area contributed by atoms with E-state index in [1.807, 2.05) is 0 Å². The Morgan fingerprint density at radius 3 is 2.84 bits per heavy atom. The van der Waals surface area contributed by atoms with Gasteiger partial charge in [0.2, 0.25) is 11.9 Å². The van der Waals surface area contributed by atoms with Gasteiger partial charge in [0.1, 0.15) is 12.7 Å². The van der Waals surface area contributed by atoms with Crippen LogP contribution in [-0.4, -0.2) is 36.3 Å². The normalized spacial score (nSPS) is 20.2. The van der Waals surface area contributed by atoms with Gasteiger partial charge in [-0.25, -0.2) is 4.98 Å². The molecular weight excluding hydrogens is 244 g/mol. The van der Waals surface area contributed by atoms with Gasteiger partial charge in [0.05, 0.1) is 0 Å². The molecule has 19 heavy (non-hydrogen) atoms. The fraction of sp³-hybridized carbons (Fsp3) is 0.545. The van der Waals surface area contributed by atoms with Crippen LogP contribution in [0, 0.1) is 11.3 Å². The smallest absolute Gasteiger partial charge is 0.258 e. The second-order valence-electron chi connectivity index (χ2n) is 5.43.